The maximum Gasteiger partial charge on any atom is 0.0795 e. The van der Waals surface area contributed by atoms with Gasteiger partial charge in [-0.2, -0.15) is 0 Å². The third-order valence-electron chi connectivity index (χ3n) is 2.65. The zero-order valence-electron chi connectivity index (χ0n) is 7.29. The first-order valence-corrected chi connectivity index (χ1v) is 5.28. The molecule has 0 spiro atoms. The van der Waals surface area contributed by atoms with Gasteiger partial charge in [0, 0.05) is 11.4 Å². The third-order valence-corrected chi connectivity index (χ3v) is 3.25. The minimum Gasteiger partial charge on any atom is -0.323 e. The van der Waals surface area contributed by atoms with Crippen LogP contribution < -0.4 is 5.73 Å². The molecule has 2 N–H and O–H groups in total. The summed E-state index contributed by atoms with van der Waals surface area (Å²) >= 11 is 1.62. The number of nitrogens with zero attached hydrogens (tertiary/aromatic N) is 1. The van der Waals surface area contributed by atoms with Crippen molar-refractivity contribution >= 4 is 11.3 Å². The molecule has 66 valence electrons. The molecule has 1 fully saturated rings. The van der Waals surface area contributed by atoms with Crippen LogP contribution in [-0.4, -0.2) is 4.98 Å². The molecule has 0 aromatic carbocycles. The number of aromatic nitrogens is 1. The van der Waals surface area contributed by atoms with Gasteiger partial charge in [0.1, 0.15) is 0 Å². The van der Waals surface area contributed by atoms with Crippen molar-refractivity contribution in [3.8, 4) is 0 Å². The molecule has 2 nitrogen and oxygen atoms in total. The first-order valence-electron chi connectivity index (χ1n) is 4.33. The zero-order chi connectivity index (χ0) is 8.60. The van der Waals surface area contributed by atoms with Gasteiger partial charge in [-0.05, 0) is 24.7 Å². The van der Waals surface area contributed by atoms with Crippen molar-refractivity contribution in [3.05, 3.63) is 16.6 Å². The molecule has 1 aliphatic rings. The van der Waals surface area contributed by atoms with Gasteiger partial charge in [-0.1, -0.05) is 6.92 Å². The summed E-state index contributed by atoms with van der Waals surface area (Å²) in [5.74, 6) is 0. The normalized spacial score (nSPS) is 22.2. The quantitative estimate of drug-likeness (QED) is 0.779. The molecule has 0 bridgehead atoms. The molecular weight excluding hydrogens is 168 g/mol. The summed E-state index contributed by atoms with van der Waals surface area (Å²) in [5, 5.41) is 2.05. The minimum absolute atomic E-state index is 0.156. The second-order valence-corrected chi connectivity index (χ2v) is 4.75. The Balaban J connectivity index is 1.97. The van der Waals surface area contributed by atoms with Crippen LogP contribution in [0.15, 0.2) is 10.9 Å². The molecule has 1 aliphatic carbocycles. The van der Waals surface area contributed by atoms with Crippen LogP contribution in [0.5, 0.6) is 0 Å². The number of hydrogen-bond donors (Lipinski definition) is 1. The van der Waals surface area contributed by atoms with Crippen LogP contribution in [0.1, 0.15) is 37.9 Å². The standard InChI is InChI=1S/C9H14N2S/c1-9(2-3-9)4-7(10)8-5-12-6-11-8/h5-7H,2-4,10H2,1H3. The molecule has 2 rings (SSSR count). The van der Waals surface area contributed by atoms with E-state index in [1.165, 1.54) is 12.8 Å². The van der Waals surface area contributed by atoms with E-state index in [0.717, 1.165) is 12.1 Å². The fourth-order valence-electron chi connectivity index (χ4n) is 1.46. The zero-order valence-corrected chi connectivity index (χ0v) is 8.10. The van der Waals surface area contributed by atoms with Crippen molar-refractivity contribution < 1.29 is 0 Å². The van der Waals surface area contributed by atoms with Crippen LogP contribution in [-0.2, 0) is 0 Å². The average molecular weight is 182 g/mol. The second-order valence-electron chi connectivity index (χ2n) is 4.03. The lowest BCUT2D eigenvalue weighted by molar-refractivity contribution is 0.452. The van der Waals surface area contributed by atoms with E-state index in [-0.39, 0.29) is 6.04 Å². The molecule has 3 heteroatoms. The summed E-state index contributed by atoms with van der Waals surface area (Å²) in [7, 11) is 0. The number of hydrogen-bond acceptors (Lipinski definition) is 3. The monoisotopic (exact) mass is 182 g/mol. The maximum atomic E-state index is 6.01. The van der Waals surface area contributed by atoms with Gasteiger partial charge in [0.15, 0.2) is 0 Å². The van der Waals surface area contributed by atoms with E-state index in [0.29, 0.717) is 5.41 Å². The van der Waals surface area contributed by atoms with Gasteiger partial charge in [0.25, 0.3) is 0 Å². The first kappa shape index (κ1) is 8.20. The van der Waals surface area contributed by atoms with E-state index >= 15 is 0 Å². The van der Waals surface area contributed by atoms with Crippen LogP contribution in [0.25, 0.3) is 0 Å². The predicted molar refractivity (Wildman–Crippen MR) is 51.0 cm³/mol. The van der Waals surface area contributed by atoms with Crippen molar-refractivity contribution in [3.63, 3.8) is 0 Å². The van der Waals surface area contributed by atoms with Crippen LogP contribution in [0.3, 0.4) is 0 Å². The number of rotatable bonds is 3. The van der Waals surface area contributed by atoms with E-state index in [1.54, 1.807) is 11.3 Å². The Labute approximate surface area is 76.8 Å². The minimum atomic E-state index is 0.156. The second kappa shape index (κ2) is 2.82. The summed E-state index contributed by atoms with van der Waals surface area (Å²) in [6.45, 7) is 2.30. The molecule has 1 aromatic rings. The Morgan fingerprint density at radius 3 is 3.00 bits per heavy atom. The van der Waals surface area contributed by atoms with Crippen LogP contribution in [0.2, 0.25) is 0 Å². The summed E-state index contributed by atoms with van der Waals surface area (Å²) < 4.78 is 0. The van der Waals surface area contributed by atoms with Gasteiger partial charge in [-0.15, -0.1) is 11.3 Å². The Morgan fingerprint density at radius 2 is 2.50 bits per heavy atom. The highest BCUT2D eigenvalue weighted by Crippen LogP contribution is 2.50. The maximum absolute atomic E-state index is 6.01. The highest BCUT2D eigenvalue weighted by molar-refractivity contribution is 7.07. The first-order chi connectivity index (χ1) is 5.70. The average Bonchev–Trinajstić information content (AvgIpc) is 2.55. The van der Waals surface area contributed by atoms with E-state index in [2.05, 4.69) is 17.3 Å². The smallest absolute Gasteiger partial charge is 0.0795 e. The van der Waals surface area contributed by atoms with E-state index in [1.807, 2.05) is 5.51 Å². The lowest BCUT2D eigenvalue weighted by Gasteiger charge is -2.13. The highest BCUT2D eigenvalue weighted by atomic mass is 32.1. The molecule has 1 saturated carbocycles. The summed E-state index contributed by atoms with van der Waals surface area (Å²) in [5.41, 5.74) is 9.46. The van der Waals surface area contributed by atoms with Gasteiger partial charge >= 0.3 is 0 Å². The number of thiazole rings is 1. The van der Waals surface area contributed by atoms with Crippen molar-refractivity contribution in [2.24, 2.45) is 11.1 Å². The fourth-order valence-corrected chi connectivity index (χ4v) is 2.08. The van der Waals surface area contributed by atoms with Crippen LogP contribution in [0, 0.1) is 5.41 Å². The Morgan fingerprint density at radius 1 is 1.75 bits per heavy atom. The molecule has 0 amide bonds. The molecule has 1 unspecified atom stereocenters. The van der Waals surface area contributed by atoms with E-state index in [9.17, 15) is 0 Å². The Kier molecular flexibility index (Phi) is 1.93. The van der Waals surface area contributed by atoms with Gasteiger partial charge in [0.05, 0.1) is 11.2 Å². The van der Waals surface area contributed by atoms with Gasteiger partial charge < -0.3 is 5.73 Å². The molecule has 0 saturated heterocycles. The Bertz CT molecular complexity index is 252. The predicted octanol–water partition coefficient (Wildman–Crippen LogP) is 2.33. The molecule has 1 atom stereocenters. The van der Waals surface area contributed by atoms with Gasteiger partial charge in [-0.3, -0.25) is 0 Å². The van der Waals surface area contributed by atoms with E-state index in [4.69, 9.17) is 5.73 Å². The van der Waals surface area contributed by atoms with Crippen LogP contribution >= 0.6 is 11.3 Å². The van der Waals surface area contributed by atoms with Crippen molar-refractivity contribution in [2.45, 2.75) is 32.2 Å². The molecule has 0 aliphatic heterocycles. The Hall–Kier alpha value is -0.410. The summed E-state index contributed by atoms with van der Waals surface area (Å²) in [6, 6.07) is 0.156. The topological polar surface area (TPSA) is 38.9 Å². The third kappa shape index (κ3) is 1.67. The molecule has 0 radical (unpaired) electrons. The fraction of sp³-hybridized carbons (Fsp3) is 0.667. The molecule has 1 aromatic heterocycles. The molecule has 1 heterocycles. The lowest BCUT2D eigenvalue weighted by Crippen LogP contribution is -2.14. The SMILES string of the molecule is CC1(CC(N)c2cscn2)CC1. The highest BCUT2D eigenvalue weighted by Gasteiger charge is 2.38. The number of nitrogens with two attached hydrogens (primary N) is 1. The largest absolute Gasteiger partial charge is 0.323 e. The van der Waals surface area contributed by atoms with Crippen molar-refractivity contribution in [1.82, 2.24) is 4.98 Å². The van der Waals surface area contributed by atoms with Crippen molar-refractivity contribution in [1.29, 1.82) is 0 Å². The van der Waals surface area contributed by atoms with E-state index < -0.39 is 0 Å². The lowest BCUT2D eigenvalue weighted by atomic mass is 9.98. The van der Waals surface area contributed by atoms with Gasteiger partial charge in [0.2, 0.25) is 0 Å². The summed E-state index contributed by atoms with van der Waals surface area (Å²) in [4.78, 5) is 4.22. The summed E-state index contributed by atoms with van der Waals surface area (Å²) in [6.07, 6.45) is 3.77. The van der Waals surface area contributed by atoms with Crippen LogP contribution in [0.4, 0.5) is 0 Å². The molecular formula is C9H14N2S. The molecule has 12 heavy (non-hydrogen) atoms. The van der Waals surface area contributed by atoms with Gasteiger partial charge in [-0.25, -0.2) is 4.98 Å². The van der Waals surface area contributed by atoms with Crippen molar-refractivity contribution in [2.75, 3.05) is 0 Å².